The van der Waals surface area contributed by atoms with Crippen LogP contribution in [0.1, 0.15) is 24.5 Å². The maximum Gasteiger partial charge on any atom is 0.221 e. The molecule has 2 aromatic rings. The van der Waals surface area contributed by atoms with Gasteiger partial charge in [0.05, 0.1) is 0 Å². The zero-order chi connectivity index (χ0) is 16.2. The van der Waals surface area contributed by atoms with Gasteiger partial charge in [0.25, 0.3) is 0 Å². The van der Waals surface area contributed by atoms with Gasteiger partial charge in [0.2, 0.25) is 5.91 Å². The van der Waals surface area contributed by atoms with Crippen LogP contribution < -0.4 is 5.32 Å². The third kappa shape index (κ3) is 3.93. The Labute approximate surface area is 136 Å². The molecule has 1 N–H and O–H groups in total. The lowest BCUT2D eigenvalue weighted by molar-refractivity contribution is -0.120. The zero-order valence-corrected chi connectivity index (χ0v) is 13.6. The second-order valence-electron chi connectivity index (χ2n) is 6.16. The summed E-state index contributed by atoms with van der Waals surface area (Å²) in [6, 6.07) is 8.51. The van der Waals surface area contributed by atoms with Crippen molar-refractivity contribution in [3.8, 4) is 11.4 Å². The molecule has 5 heteroatoms. The Morgan fingerprint density at radius 3 is 2.83 bits per heavy atom. The number of nitrogens with zero attached hydrogens (tertiary/aromatic N) is 3. The first kappa shape index (κ1) is 15.6. The van der Waals surface area contributed by atoms with E-state index in [9.17, 15) is 4.79 Å². The van der Waals surface area contributed by atoms with Crippen LogP contribution in [0.2, 0.25) is 0 Å². The van der Waals surface area contributed by atoms with Crippen LogP contribution in [0.3, 0.4) is 0 Å². The van der Waals surface area contributed by atoms with Crippen molar-refractivity contribution in [2.45, 2.75) is 32.9 Å². The van der Waals surface area contributed by atoms with Gasteiger partial charge in [0.1, 0.15) is 0 Å². The molecular formula is C18H22N4O. The first-order chi connectivity index (χ1) is 11.1. The molecule has 3 rings (SSSR count). The van der Waals surface area contributed by atoms with Crippen LogP contribution >= 0.6 is 0 Å². The summed E-state index contributed by atoms with van der Waals surface area (Å²) in [5, 5.41) is 2.93. The van der Waals surface area contributed by atoms with Crippen LogP contribution in [0, 0.1) is 6.92 Å². The van der Waals surface area contributed by atoms with Gasteiger partial charge in [-0.25, -0.2) is 9.97 Å². The standard InChI is InChI=1S/C18H22N4O/c1-13-4-3-5-16(8-13)18-20-10-15(11-21-18)12-22-7-6-17(23)19-9-14(22)2/h3-5,8,10-11,14H,6-7,9,12H2,1-2H3,(H,19,23)/t14-/m1/s1. The fourth-order valence-electron chi connectivity index (χ4n) is 2.78. The quantitative estimate of drug-likeness (QED) is 0.944. The molecule has 1 aliphatic rings. The molecule has 0 spiro atoms. The van der Waals surface area contributed by atoms with Crippen LogP contribution in [-0.2, 0) is 11.3 Å². The SMILES string of the molecule is Cc1cccc(-c2ncc(CN3CCC(=O)NC[C@H]3C)cn2)c1. The number of benzene rings is 1. The van der Waals surface area contributed by atoms with E-state index in [2.05, 4.69) is 46.2 Å². The molecule has 0 aliphatic carbocycles. The van der Waals surface area contributed by atoms with Gasteiger partial charge in [-0.2, -0.15) is 0 Å². The summed E-state index contributed by atoms with van der Waals surface area (Å²) >= 11 is 0. The summed E-state index contributed by atoms with van der Waals surface area (Å²) in [6.07, 6.45) is 4.32. The van der Waals surface area contributed by atoms with E-state index < -0.39 is 0 Å². The minimum absolute atomic E-state index is 0.130. The maximum atomic E-state index is 11.5. The molecule has 0 bridgehead atoms. The number of aromatic nitrogens is 2. The number of rotatable bonds is 3. The minimum atomic E-state index is 0.130. The molecule has 1 aromatic heterocycles. The Balaban J connectivity index is 1.71. The summed E-state index contributed by atoms with van der Waals surface area (Å²) in [4.78, 5) is 22.8. The van der Waals surface area contributed by atoms with E-state index in [0.29, 0.717) is 19.0 Å². The Bertz CT molecular complexity index is 684. The van der Waals surface area contributed by atoms with Gasteiger partial charge in [-0.1, -0.05) is 23.8 Å². The Morgan fingerprint density at radius 1 is 1.30 bits per heavy atom. The van der Waals surface area contributed by atoms with Crippen molar-refractivity contribution in [2.75, 3.05) is 13.1 Å². The number of aryl methyl sites for hydroxylation is 1. The Kier molecular flexibility index (Phi) is 4.67. The first-order valence-corrected chi connectivity index (χ1v) is 8.00. The maximum absolute atomic E-state index is 11.5. The molecule has 1 saturated heterocycles. The van der Waals surface area contributed by atoms with Gasteiger partial charge in [-0.3, -0.25) is 9.69 Å². The lowest BCUT2D eigenvalue weighted by Gasteiger charge is -2.25. The van der Waals surface area contributed by atoms with E-state index in [0.717, 1.165) is 30.0 Å². The van der Waals surface area contributed by atoms with Crippen molar-refractivity contribution < 1.29 is 4.79 Å². The predicted molar refractivity (Wildman–Crippen MR) is 89.7 cm³/mol. The van der Waals surface area contributed by atoms with E-state index in [4.69, 9.17) is 0 Å². The van der Waals surface area contributed by atoms with Gasteiger partial charge in [-0.15, -0.1) is 0 Å². The van der Waals surface area contributed by atoms with Gasteiger partial charge >= 0.3 is 0 Å². The highest BCUT2D eigenvalue weighted by Gasteiger charge is 2.20. The number of amides is 1. The number of carbonyl (C=O) groups excluding carboxylic acids is 1. The molecule has 1 fully saturated rings. The highest BCUT2D eigenvalue weighted by Crippen LogP contribution is 2.17. The van der Waals surface area contributed by atoms with Crippen molar-refractivity contribution in [3.05, 3.63) is 47.8 Å². The number of hydrogen-bond acceptors (Lipinski definition) is 4. The number of hydrogen-bond donors (Lipinski definition) is 1. The lowest BCUT2D eigenvalue weighted by atomic mass is 10.1. The highest BCUT2D eigenvalue weighted by atomic mass is 16.1. The zero-order valence-electron chi connectivity index (χ0n) is 13.6. The Morgan fingerprint density at radius 2 is 2.09 bits per heavy atom. The van der Waals surface area contributed by atoms with Crippen LogP contribution in [0.25, 0.3) is 11.4 Å². The molecule has 0 radical (unpaired) electrons. The molecule has 2 heterocycles. The monoisotopic (exact) mass is 310 g/mol. The number of nitrogens with one attached hydrogen (secondary N) is 1. The normalized spacial score (nSPS) is 19.2. The van der Waals surface area contributed by atoms with Gasteiger partial charge in [0.15, 0.2) is 5.82 Å². The molecule has 1 amide bonds. The molecule has 1 atom stereocenters. The van der Waals surface area contributed by atoms with Crippen LogP contribution in [0.15, 0.2) is 36.7 Å². The van der Waals surface area contributed by atoms with Gasteiger partial charge < -0.3 is 5.32 Å². The van der Waals surface area contributed by atoms with Gasteiger partial charge in [-0.05, 0) is 19.9 Å². The first-order valence-electron chi connectivity index (χ1n) is 8.00. The van der Waals surface area contributed by atoms with Crippen molar-refractivity contribution in [3.63, 3.8) is 0 Å². The molecule has 120 valence electrons. The van der Waals surface area contributed by atoms with E-state index in [1.165, 1.54) is 5.56 Å². The summed E-state index contributed by atoms with van der Waals surface area (Å²) in [5.74, 6) is 0.878. The number of carbonyl (C=O) groups is 1. The molecule has 1 aliphatic heterocycles. The second-order valence-corrected chi connectivity index (χ2v) is 6.16. The smallest absolute Gasteiger partial charge is 0.221 e. The molecular weight excluding hydrogens is 288 g/mol. The van der Waals surface area contributed by atoms with Crippen LogP contribution in [-0.4, -0.2) is 39.9 Å². The van der Waals surface area contributed by atoms with E-state index in [1.54, 1.807) is 0 Å². The topological polar surface area (TPSA) is 58.1 Å². The van der Waals surface area contributed by atoms with E-state index in [1.807, 2.05) is 24.5 Å². The van der Waals surface area contributed by atoms with E-state index >= 15 is 0 Å². The summed E-state index contributed by atoms with van der Waals surface area (Å²) in [7, 11) is 0. The summed E-state index contributed by atoms with van der Waals surface area (Å²) in [6.45, 7) is 6.43. The minimum Gasteiger partial charge on any atom is -0.355 e. The second kappa shape index (κ2) is 6.87. The largest absolute Gasteiger partial charge is 0.355 e. The van der Waals surface area contributed by atoms with Crippen LogP contribution in [0.5, 0.6) is 0 Å². The average Bonchev–Trinajstić information content (AvgIpc) is 2.71. The van der Waals surface area contributed by atoms with Crippen molar-refractivity contribution >= 4 is 5.91 Å². The average molecular weight is 310 g/mol. The fourth-order valence-corrected chi connectivity index (χ4v) is 2.78. The summed E-state index contributed by atoms with van der Waals surface area (Å²) < 4.78 is 0. The molecule has 5 nitrogen and oxygen atoms in total. The van der Waals surface area contributed by atoms with Gasteiger partial charge in [0, 0.05) is 55.6 Å². The molecule has 1 aromatic carbocycles. The highest BCUT2D eigenvalue weighted by molar-refractivity contribution is 5.76. The van der Waals surface area contributed by atoms with Crippen molar-refractivity contribution in [1.29, 1.82) is 0 Å². The van der Waals surface area contributed by atoms with Crippen LogP contribution in [0.4, 0.5) is 0 Å². The fraction of sp³-hybridized carbons (Fsp3) is 0.389. The molecule has 23 heavy (non-hydrogen) atoms. The summed E-state index contributed by atoms with van der Waals surface area (Å²) in [5.41, 5.74) is 3.31. The van der Waals surface area contributed by atoms with Crippen molar-refractivity contribution in [2.24, 2.45) is 0 Å². The lowest BCUT2D eigenvalue weighted by Crippen LogP contribution is -2.37. The van der Waals surface area contributed by atoms with E-state index in [-0.39, 0.29) is 5.91 Å². The molecule has 0 unspecified atom stereocenters. The van der Waals surface area contributed by atoms with Crippen molar-refractivity contribution in [1.82, 2.24) is 20.2 Å². The Hall–Kier alpha value is -2.27. The third-order valence-electron chi connectivity index (χ3n) is 4.21. The molecule has 0 saturated carbocycles. The third-order valence-corrected chi connectivity index (χ3v) is 4.21. The predicted octanol–water partition coefficient (Wildman–Crippen LogP) is 2.16.